The molecule has 1 saturated heterocycles. The summed E-state index contributed by atoms with van der Waals surface area (Å²) in [6.45, 7) is 2.45. The summed E-state index contributed by atoms with van der Waals surface area (Å²) in [5, 5.41) is 4.09. The zero-order chi connectivity index (χ0) is 18.9. The van der Waals surface area contributed by atoms with Gasteiger partial charge in [0.2, 0.25) is 10.0 Å². The smallest absolute Gasteiger partial charge is 0.351 e. The second-order valence-electron chi connectivity index (χ2n) is 6.34. The van der Waals surface area contributed by atoms with Crippen LogP contribution in [-0.2, 0) is 19.6 Å². The first-order valence-corrected chi connectivity index (χ1v) is 9.99. The number of methoxy groups -OCH3 is 1. The Morgan fingerprint density at radius 2 is 1.85 bits per heavy atom. The predicted molar refractivity (Wildman–Crippen MR) is 93.4 cm³/mol. The number of rotatable bonds is 4. The number of carbonyl (C=O) groups is 1. The Labute approximate surface area is 151 Å². The topological polar surface area (TPSA) is 103 Å². The minimum atomic E-state index is -3.68. The Balaban J connectivity index is 2.02. The van der Waals surface area contributed by atoms with Crippen LogP contribution in [0.1, 0.15) is 38.6 Å². The van der Waals surface area contributed by atoms with Crippen molar-refractivity contribution in [3.05, 3.63) is 28.8 Å². The molecule has 0 spiro atoms. The maximum atomic E-state index is 12.9. The third-order valence-corrected chi connectivity index (χ3v) is 6.51. The Hall–Kier alpha value is -2.20. The Morgan fingerprint density at radius 3 is 2.46 bits per heavy atom. The lowest BCUT2D eigenvalue weighted by molar-refractivity contribution is -0.144. The van der Waals surface area contributed by atoms with Gasteiger partial charge in [-0.05, 0) is 31.9 Å². The molecule has 1 fully saturated rings. The maximum Gasteiger partial charge on any atom is 0.351 e. The lowest BCUT2D eigenvalue weighted by Crippen LogP contribution is -2.32. The van der Waals surface area contributed by atoms with Crippen molar-refractivity contribution in [3.63, 3.8) is 0 Å². The van der Waals surface area contributed by atoms with E-state index in [1.807, 2.05) is 0 Å². The molecule has 1 aliphatic rings. The molecular weight excluding hydrogens is 360 g/mol. The van der Waals surface area contributed by atoms with Crippen LogP contribution in [0.2, 0.25) is 0 Å². The molecule has 0 aromatic carbocycles. The number of fused-ring (bicyclic) bond motifs is 1. The highest BCUT2D eigenvalue weighted by molar-refractivity contribution is 7.89. The molecule has 1 aliphatic heterocycles. The van der Waals surface area contributed by atoms with Gasteiger partial charge in [-0.3, -0.25) is 0 Å². The molecule has 2 aromatic rings. The largest absolute Gasteiger partial charge is 0.467 e. The number of aromatic nitrogens is 3. The van der Waals surface area contributed by atoms with Gasteiger partial charge in [0.25, 0.3) is 0 Å². The number of ether oxygens (including phenoxy) is 1. The SMILES string of the molecule is COC(=O)C(C)n1nc2ccc(S(=O)(=O)N3CCCCCC3)cn2c1=O. The monoisotopic (exact) mass is 382 g/mol. The van der Waals surface area contributed by atoms with Crippen LogP contribution in [0, 0.1) is 0 Å². The first kappa shape index (κ1) is 18.6. The first-order chi connectivity index (χ1) is 12.4. The van der Waals surface area contributed by atoms with Gasteiger partial charge in [0.1, 0.15) is 0 Å². The van der Waals surface area contributed by atoms with E-state index in [-0.39, 0.29) is 10.5 Å². The van der Waals surface area contributed by atoms with Gasteiger partial charge in [-0.1, -0.05) is 12.8 Å². The molecule has 3 rings (SSSR count). The quantitative estimate of drug-likeness (QED) is 0.725. The van der Waals surface area contributed by atoms with Crippen LogP contribution in [-0.4, -0.2) is 53.1 Å². The van der Waals surface area contributed by atoms with Gasteiger partial charge < -0.3 is 4.74 Å². The molecule has 0 radical (unpaired) electrons. The fourth-order valence-corrected chi connectivity index (χ4v) is 4.59. The Bertz CT molecular complexity index is 970. The predicted octanol–water partition coefficient (Wildman–Crippen LogP) is 0.795. The molecular formula is C16H22N4O5S. The number of carbonyl (C=O) groups excluding carboxylic acids is 1. The number of pyridine rings is 1. The second-order valence-corrected chi connectivity index (χ2v) is 8.28. The number of esters is 1. The average Bonchev–Trinajstić information content (AvgIpc) is 2.82. The summed E-state index contributed by atoms with van der Waals surface area (Å²) in [5.41, 5.74) is -0.327. The average molecular weight is 382 g/mol. The number of hydrogen-bond acceptors (Lipinski definition) is 6. The van der Waals surface area contributed by atoms with Crippen LogP contribution in [0.25, 0.3) is 5.65 Å². The van der Waals surface area contributed by atoms with Crippen LogP contribution < -0.4 is 5.69 Å². The summed E-state index contributed by atoms with van der Waals surface area (Å²) < 4.78 is 34.0. The molecule has 10 heteroatoms. The lowest BCUT2D eigenvalue weighted by Gasteiger charge is -2.19. The van der Waals surface area contributed by atoms with E-state index in [1.54, 1.807) is 0 Å². The van der Waals surface area contributed by atoms with Crippen molar-refractivity contribution in [3.8, 4) is 0 Å². The lowest BCUT2D eigenvalue weighted by atomic mass is 10.2. The van der Waals surface area contributed by atoms with Crippen molar-refractivity contribution in [1.29, 1.82) is 0 Å². The standard InChI is InChI=1S/C16H22N4O5S/c1-12(15(21)25-2)20-16(22)19-11-13(7-8-14(19)17-20)26(23,24)18-9-5-3-4-6-10-18/h7-8,11-12H,3-6,9-10H2,1-2H3. The van der Waals surface area contributed by atoms with E-state index >= 15 is 0 Å². The van der Waals surface area contributed by atoms with E-state index in [0.717, 1.165) is 34.8 Å². The van der Waals surface area contributed by atoms with Crippen LogP contribution in [0.15, 0.2) is 28.0 Å². The fraction of sp³-hybridized carbons (Fsp3) is 0.562. The third-order valence-electron chi connectivity index (χ3n) is 4.62. The van der Waals surface area contributed by atoms with Crippen LogP contribution in [0.3, 0.4) is 0 Å². The van der Waals surface area contributed by atoms with Crippen molar-refractivity contribution in [1.82, 2.24) is 18.5 Å². The molecule has 26 heavy (non-hydrogen) atoms. The highest BCUT2D eigenvalue weighted by Gasteiger charge is 2.27. The zero-order valence-corrected chi connectivity index (χ0v) is 15.6. The van der Waals surface area contributed by atoms with Gasteiger partial charge in [0.15, 0.2) is 11.7 Å². The summed E-state index contributed by atoms with van der Waals surface area (Å²) in [6.07, 6.45) is 4.96. The van der Waals surface area contributed by atoms with E-state index in [2.05, 4.69) is 9.84 Å². The molecule has 1 unspecified atom stereocenters. The molecule has 9 nitrogen and oxygen atoms in total. The van der Waals surface area contributed by atoms with Crippen molar-refractivity contribution in [2.24, 2.45) is 0 Å². The van der Waals surface area contributed by atoms with Crippen LogP contribution >= 0.6 is 0 Å². The van der Waals surface area contributed by atoms with Crippen LogP contribution in [0.5, 0.6) is 0 Å². The van der Waals surface area contributed by atoms with Crippen molar-refractivity contribution in [2.75, 3.05) is 20.2 Å². The normalized spacial score (nSPS) is 17.8. The number of nitrogens with zero attached hydrogens (tertiary/aromatic N) is 4. The van der Waals surface area contributed by atoms with Gasteiger partial charge in [0.05, 0.1) is 12.0 Å². The summed E-state index contributed by atoms with van der Waals surface area (Å²) in [7, 11) is -2.45. The van der Waals surface area contributed by atoms with Gasteiger partial charge in [-0.2, -0.15) is 8.99 Å². The molecule has 1 atom stereocenters. The van der Waals surface area contributed by atoms with Crippen LogP contribution in [0.4, 0.5) is 0 Å². The Kier molecular flexibility index (Phi) is 5.15. The Morgan fingerprint density at radius 1 is 1.19 bits per heavy atom. The minimum absolute atomic E-state index is 0.0410. The van der Waals surface area contributed by atoms with Crippen molar-refractivity contribution in [2.45, 2.75) is 43.5 Å². The molecule has 2 aromatic heterocycles. The molecule has 0 saturated carbocycles. The van der Waals surface area contributed by atoms with Gasteiger partial charge in [-0.15, -0.1) is 5.10 Å². The van der Waals surface area contributed by atoms with Crippen molar-refractivity contribution < 1.29 is 17.9 Å². The zero-order valence-electron chi connectivity index (χ0n) is 14.8. The molecule has 0 amide bonds. The summed E-state index contributed by atoms with van der Waals surface area (Å²) in [6, 6.07) is 2.00. The summed E-state index contributed by atoms with van der Waals surface area (Å²) >= 11 is 0. The number of sulfonamides is 1. The minimum Gasteiger partial charge on any atom is -0.467 e. The highest BCUT2D eigenvalue weighted by Crippen LogP contribution is 2.20. The second kappa shape index (κ2) is 7.20. The van der Waals surface area contributed by atoms with Gasteiger partial charge >= 0.3 is 11.7 Å². The molecule has 0 N–H and O–H groups in total. The first-order valence-electron chi connectivity index (χ1n) is 8.55. The van der Waals surface area contributed by atoms with Gasteiger partial charge in [0, 0.05) is 19.3 Å². The van der Waals surface area contributed by atoms with E-state index in [1.165, 1.54) is 36.7 Å². The van der Waals surface area contributed by atoms with Gasteiger partial charge in [-0.25, -0.2) is 22.4 Å². The third kappa shape index (κ3) is 3.26. The highest BCUT2D eigenvalue weighted by atomic mass is 32.2. The fourth-order valence-electron chi connectivity index (χ4n) is 3.08. The van der Waals surface area contributed by atoms with Crippen molar-refractivity contribution >= 4 is 21.6 Å². The van der Waals surface area contributed by atoms with E-state index in [4.69, 9.17) is 0 Å². The van der Waals surface area contributed by atoms with E-state index in [0.29, 0.717) is 13.1 Å². The summed E-state index contributed by atoms with van der Waals surface area (Å²) in [4.78, 5) is 24.3. The van der Waals surface area contributed by atoms with E-state index < -0.39 is 27.7 Å². The molecule has 142 valence electrons. The molecule has 0 aliphatic carbocycles. The number of hydrogen-bond donors (Lipinski definition) is 0. The maximum absolute atomic E-state index is 12.9. The summed E-state index contributed by atoms with van der Waals surface area (Å²) in [5.74, 6) is -0.604. The van der Waals surface area contributed by atoms with E-state index in [9.17, 15) is 18.0 Å². The molecule has 3 heterocycles. The molecule has 0 bridgehead atoms.